The summed E-state index contributed by atoms with van der Waals surface area (Å²) in [5, 5.41) is 1.05. The minimum atomic E-state index is -0.553. The molecule has 2 aromatic rings. The first-order valence-corrected chi connectivity index (χ1v) is 10.9. The normalized spacial score (nSPS) is 14.1. The number of carbonyl (C=O) groups is 2. The second-order valence-electron chi connectivity index (χ2n) is 7.08. The Labute approximate surface area is 180 Å². The van der Waals surface area contributed by atoms with Crippen molar-refractivity contribution in [3.63, 3.8) is 0 Å². The number of benzene rings is 2. The highest BCUT2D eigenvalue weighted by Crippen LogP contribution is 2.44. The van der Waals surface area contributed by atoms with Crippen molar-refractivity contribution in [3.8, 4) is 0 Å². The van der Waals surface area contributed by atoms with Gasteiger partial charge in [0.15, 0.2) is 0 Å². The third-order valence-electron chi connectivity index (χ3n) is 5.04. The standard InChI is InChI=1S/C24H24FNO3S/c1-15-21(11-12-26(16(2)27)29-17(3)28)24-14-19(25)7-10-22(24)23(15)13-18-5-8-20(30-4)9-6-18/h5-10,13-14H,11-12H2,1-4H3. The Bertz CT molecular complexity index is 1040. The van der Waals surface area contributed by atoms with Gasteiger partial charge in [0.05, 0.1) is 6.54 Å². The molecule has 156 valence electrons. The lowest BCUT2D eigenvalue weighted by atomic mass is 10.0. The van der Waals surface area contributed by atoms with Crippen LogP contribution >= 0.6 is 11.8 Å². The Balaban J connectivity index is 1.96. The van der Waals surface area contributed by atoms with Gasteiger partial charge in [0.25, 0.3) is 5.91 Å². The van der Waals surface area contributed by atoms with E-state index < -0.39 is 5.97 Å². The van der Waals surface area contributed by atoms with Crippen LogP contribution < -0.4 is 0 Å². The zero-order valence-electron chi connectivity index (χ0n) is 17.5. The summed E-state index contributed by atoms with van der Waals surface area (Å²) in [5.74, 6) is -1.22. The van der Waals surface area contributed by atoms with E-state index in [1.165, 1.54) is 30.9 Å². The molecule has 4 nitrogen and oxygen atoms in total. The summed E-state index contributed by atoms with van der Waals surface area (Å²) in [7, 11) is 0. The molecule has 0 spiro atoms. The molecule has 0 unspecified atom stereocenters. The Morgan fingerprint density at radius 2 is 1.80 bits per heavy atom. The van der Waals surface area contributed by atoms with Gasteiger partial charge in [-0.05, 0) is 83.4 Å². The van der Waals surface area contributed by atoms with Crippen LogP contribution in [0.3, 0.4) is 0 Å². The lowest BCUT2D eigenvalue weighted by Crippen LogP contribution is -2.31. The second-order valence-corrected chi connectivity index (χ2v) is 7.96. The van der Waals surface area contributed by atoms with Gasteiger partial charge in [0, 0.05) is 18.7 Å². The number of hydrogen-bond acceptors (Lipinski definition) is 4. The van der Waals surface area contributed by atoms with Crippen molar-refractivity contribution in [2.75, 3.05) is 12.8 Å². The lowest BCUT2D eigenvalue weighted by Gasteiger charge is -2.19. The zero-order valence-corrected chi connectivity index (χ0v) is 18.3. The highest BCUT2D eigenvalue weighted by molar-refractivity contribution is 7.98. The molecule has 0 saturated heterocycles. The number of fused-ring (bicyclic) bond motifs is 1. The number of hydrogen-bond donors (Lipinski definition) is 0. The first kappa shape index (κ1) is 21.8. The maximum atomic E-state index is 14.0. The van der Waals surface area contributed by atoms with Crippen LogP contribution in [0.15, 0.2) is 52.9 Å². The molecular formula is C24H24FNO3S. The third-order valence-corrected chi connectivity index (χ3v) is 5.78. The van der Waals surface area contributed by atoms with E-state index in [-0.39, 0.29) is 18.3 Å². The molecular weight excluding hydrogens is 401 g/mol. The molecule has 0 aromatic heterocycles. The molecule has 3 rings (SSSR count). The molecule has 0 aliphatic heterocycles. The van der Waals surface area contributed by atoms with Crippen LogP contribution in [0.4, 0.5) is 4.39 Å². The van der Waals surface area contributed by atoms with Gasteiger partial charge in [-0.1, -0.05) is 18.2 Å². The minimum Gasteiger partial charge on any atom is -0.338 e. The van der Waals surface area contributed by atoms with Gasteiger partial charge in [-0.25, -0.2) is 4.39 Å². The average Bonchev–Trinajstić information content (AvgIpc) is 2.96. The number of allylic oxidation sites excluding steroid dienone is 2. The highest BCUT2D eigenvalue weighted by Gasteiger charge is 2.25. The molecule has 6 heteroatoms. The van der Waals surface area contributed by atoms with Crippen molar-refractivity contribution in [2.45, 2.75) is 32.1 Å². The minimum absolute atomic E-state index is 0.202. The number of amides is 1. The highest BCUT2D eigenvalue weighted by atomic mass is 32.2. The molecule has 30 heavy (non-hydrogen) atoms. The van der Waals surface area contributed by atoms with Crippen LogP contribution in [-0.2, 0) is 14.4 Å². The fourth-order valence-electron chi connectivity index (χ4n) is 3.58. The van der Waals surface area contributed by atoms with Crippen LogP contribution in [-0.4, -0.2) is 29.7 Å². The van der Waals surface area contributed by atoms with Crippen molar-refractivity contribution in [1.29, 1.82) is 0 Å². The quantitative estimate of drug-likeness (QED) is 0.463. The Hall–Kier alpha value is -2.86. The van der Waals surface area contributed by atoms with Crippen LogP contribution in [0, 0.1) is 5.82 Å². The van der Waals surface area contributed by atoms with Crippen LogP contribution in [0.25, 0.3) is 17.2 Å². The molecule has 0 saturated carbocycles. The van der Waals surface area contributed by atoms with E-state index in [0.29, 0.717) is 6.42 Å². The molecule has 2 aromatic carbocycles. The molecule has 0 bridgehead atoms. The fraction of sp³-hybridized carbons (Fsp3) is 0.250. The molecule has 0 N–H and O–H groups in total. The molecule has 1 aliphatic carbocycles. The maximum absolute atomic E-state index is 14.0. The number of halogens is 1. The summed E-state index contributed by atoms with van der Waals surface area (Å²) in [6.45, 7) is 4.80. The average molecular weight is 426 g/mol. The lowest BCUT2D eigenvalue weighted by molar-refractivity contribution is -0.194. The summed E-state index contributed by atoms with van der Waals surface area (Å²) in [4.78, 5) is 29.2. The van der Waals surface area contributed by atoms with Crippen molar-refractivity contribution < 1.29 is 18.8 Å². The van der Waals surface area contributed by atoms with Crippen LogP contribution in [0.5, 0.6) is 0 Å². The predicted octanol–water partition coefficient (Wildman–Crippen LogP) is 5.59. The number of hydroxylamine groups is 2. The zero-order chi connectivity index (χ0) is 21.8. The molecule has 1 aliphatic rings. The van der Waals surface area contributed by atoms with Crippen LogP contribution in [0.2, 0.25) is 0 Å². The predicted molar refractivity (Wildman–Crippen MR) is 119 cm³/mol. The van der Waals surface area contributed by atoms with Gasteiger partial charge in [-0.2, -0.15) is 5.06 Å². The molecule has 1 amide bonds. The van der Waals surface area contributed by atoms with E-state index in [1.54, 1.807) is 17.8 Å². The summed E-state index contributed by atoms with van der Waals surface area (Å²) >= 11 is 1.69. The first-order valence-electron chi connectivity index (χ1n) is 9.63. The summed E-state index contributed by atoms with van der Waals surface area (Å²) < 4.78 is 14.0. The van der Waals surface area contributed by atoms with Crippen molar-refractivity contribution in [2.24, 2.45) is 0 Å². The smallest absolute Gasteiger partial charge is 0.329 e. The summed E-state index contributed by atoms with van der Waals surface area (Å²) in [6, 6.07) is 13.0. The number of rotatable bonds is 5. The fourth-order valence-corrected chi connectivity index (χ4v) is 3.99. The van der Waals surface area contributed by atoms with E-state index in [0.717, 1.165) is 38.5 Å². The molecule has 0 atom stereocenters. The van der Waals surface area contributed by atoms with Gasteiger partial charge in [-0.3, -0.25) is 9.59 Å². The Morgan fingerprint density at radius 1 is 1.10 bits per heavy atom. The van der Waals surface area contributed by atoms with Crippen LogP contribution in [0.1, 0.15) is 43.9 Å². The summed E-state index contributed by atoms with van der Waals surface area (Å²) in [5.41, 5.74) is 5.82. The second kappa shape index (κ2) is 9.30. The largest absolute Gasteiger partial charge is 0.338 e. The van der Waals surface area contributed by atoms with Gasteiger partial charge in [0.1, 0.15) is 5.82 Å². The Kier molecular flexibility index (Phi) is 6.77. The number of thioether (sulfide) groups is 1. The van der Waals surface area contributed by atoms with Gasteiger partial charge < -0.3 is 4.84 Å². The van der Waals surface area contributed by atoms with Crippen molar-refractivity contribution in [1.82, 2.24) is 5.06 Å². The molecule has 0 fully saturated rings. The van der Waals surface area contributed by atoms with Gasteiger partial charge >= 0.3 is 5.97 Å². The topological polar surface area (TPSA) is 46.6 Å². The molecule has 0 radical (unpaired) electrons. The summed E-state index contributed by atoms with van der Waals surface area (Å²) in [6.07, 6.45) is 4.57. The molecule has 0 heterocycles. The van der Waals surface area contributed by atoms with Gasteiger partial charge in [-0.15, -0.1) is 11.8 Å². The van der Waals surface area contributed by atoms with E-state index in [2.05, 4.69) is 30.3 Å². The first-order chi connectivity index (χ1) is 14.3. The third kappa shape index (κ3) is 4.82. The number of nitrogens with zero attached hydrogens (tertiary/aromatic N) is 1. The SMILES string of the molecule is CSc1ccc(C=C2C(C)=C(CCN(OC(C)=O)C(C)=O)c3cc(F)ccc32)cc1. The number of carbonyl (C=O) groups excluding carboxylic acids is 2. The van der Waals surface area contributed by atoms with Crippen molar-refractivity contribution >= 4 is 40.9 Å². The van der Waals surface area contributed by atoms with E-state index >= 15 is 0 Å². The van der Waals surface area contributed by atoms with E-state index in [1.807, 2.05) is 13.2 Å². The monoisotopic (exact) mass is 425 g/mol. The van der Waals surface area contributed by atoms with E-state index in [4.69, 9.17) is 4.84 Å². The Morgan fingerprint density at radius 3 is 2.40 bits per heavy atom. The van der Waals surface area contributed by atoms with Crippen molar-refractivity contribution in [3.05, 3.63) is 70.5 Å². The van der Waals surface area contributed by atoms with E-state index in [9.17, 15) is 14.0 Å². The maximum Gasteiger partial charge on any atom is 0.329 e. The van der Waals surface area contributed by atoms with Gasteiger partial charge in [0.2, 0.25) is 0 Å².